The summed E-state index contributed by atoms with van der Waals surface area (Å²) in [5, 5.41) is 14.5. The Labute approximate surface area is 187 Å². The zero-order chi connectivity index (χ0) is 22.5. The molecule has 0 spiro atoms. The molecule has 2 aliphatic rings. The lowest BCUT2D eigenvalue weighted by Crippen LogP contribution is -2.46. The van der Waals surface area contributed by atoms with Crippen LogP contribution in [0.5, 0.6) is 0 Å². The zero-order valence-electron chi connectivity index (χ0n) is 18.3. The Morgan fingerprint density at radius 2 is 1.69 bits per heavy atom. The van der Waals surface area contributed by atoms with Crippen molar-refractivity contribution in [3.8, 4) is 0 Å². The van der Waals surface area contributed by atoms with E-state index in [2.05, 4.69) is 22.0 Å². The predicted octanol–water partition coefficient (Wildman–Crippen LogP) is 2.83. The maximum absolute atomic E-state index is 12.7. The molecule has 2 aliphatic heterocycles. The fraction of sp³-hybridized carbons (Fsp3) is 0.435. The zero-order valence-corrected chi connectivity index (χ0v) is 18.3. The van der Waals surface area contributed by atoms with Crippen molar-refractivity contribution in [1.82, 2.24) is 4.90 Å². The Balaban J connectivity index is 1.43. The van der Waals surface area contributed by atoms with Gasteiger partial charge in [0.2, 0.25) is 0 Å². The number of nitro benzene ring substituents is 1. The van der Waals surface area contributed by atoms with Gasteiger partial charge in [-0.3, -0.25) is 14.9 Å². The molecule has 9 heteroatoms. The van der Waals surface area contributed by atoms with E-state index in [1.807, 2.05) is 29.2 Å². The molecule has 0 bridgehead atoms. The van der Waals surface area contributed by atoms with Crippen molar-refractivity contribution in [1.29, 1.82) is 0 Å². The van der Waals surface area contributed by atoms with E-state index in [0.29, 0.717) is 37.7 Å². The first-order valence-electron chi connectivity index (χ1n) is 11.0. The normalized spacial score (nSPS) is 17.3. The molecule has 2 aromatic carbocycles. The molecule has 2 saturated heterocycles. The van der Waals surface area contributed by atoms with Gasteiger partial charge in [-0.1, -0.05) is 6.92 Å². The van der Waals surface area contributed by atoms with E-state index >= 15 is 0 Å². The number of amides is 1. The number of piperazine rings is 1. The fourth-order valence-electron chi connectivity index (χ4n) is 4.16. The van der Waals surface area contributed by atoms with Gasteiger partial charge in [0.1, 0.15) is 5.69 Å². The van der Waals surface area contributed by atoms with Gasteiger partial charge in [0.25, 0.3) is 11.6 Å². The number of likely N-dealkylation sites (N-methyl/N-ethyl adjacent to an activating group) is 1. The van der Waals surface area contributed by atoms with Gasteiger partial charge in [-0.2, -0.15) is 0 Å². The van der Waals surface area contributed by atoms with Crippen LogP contribution in [-0.4, -0.2) is 74.8 Å². The number of hydrogen-bond donors (Lipinski definition) is 1. The van der Waals surface area contributed by atoms with E-state index in [1.54, 1.807) is 12.1 Å². The van der Waals surface area contributed by atoms with Crippen molar-refractivity contribution in [3.63, 3.8) is 0 Å². The number of nitrogens with zero attached hydrogens (tertiary/aromatic N) is 4. The van der Waals surface area contributed by atoms with Crippen LogP contribution in [-0.2, 0) is 4.74 Å². The number of ether oxygens (including phenoxy) is 1. The summed E-state index contributed by atoms with van der Waals surface area (Å²) in [6.07, 6.45) is 0. The van der Waals surface area contributed by atoms with E-state index < -0.39 is 4.92 Å². The van der Waals surface area contributed by atoms with Gasteiger partial charge in [0.15, 0.2) is 0 Å². The average molecular weight is 440 g/mol. The SMILES string of the molecule is CCN1CCN(c2ccc(NC(=O)c3ccc(N4CCOCC4)c([N+](=O)[O-])c3)cc2)CC1. The van der Waals surface area contributed by atoms with Gasteiger partial charge in [-0.15, -0.1) is 0 Å². The standard InChI is InChI=1S/C23H29N5O4/c1-2-25-9-11-26(12-10-25)20-6-4-19(5-7-20)24-23(29)18-3-8-21(22(17-18)28(30)31)27-13-15-32-16-14-27/h3-8,17H,2,9-16H2,1H3,(H,24,29). The van der Waals surface area contributed by atoms with Gasteiger partial charge in [-0.25, -0.2) is 0 Å². The molecule has 170 valence electrons. The molecular weight excluding hydrogens is 410 g/mol. The predicted molar refractivity (Wildman–Crippen MR) is 125 cm³/mol. The minimum absolute atomic E-state index is 0.0684. The van der Waals surface area contributed by atoms with Crippen LogP contribution in [0, 0.1) is 10.1 Å². The topological polar surface area (TPSA) is 91.2 Å². The highest BCUT2D eigenvalue weighted by molar-refractivity contribution is 6.05. The second-order valence-corrected chi connectivity index (χ2v) is 7.98. The highest BCUT2D eigenvalue weighted by atomic mass is 16.6. The third-order valence-corrected chi connectivity index (χ3v) is 6.10. The quantitative estimate of drug-likeness (QED) is 0.547. The third-order valence-electron chi connectivity index (χ3n) is 6.10. The van der Waals surface area contributed by atoms with Gasteiger partial charge in [0.05, 0.1) is 18.1 Å². The molecule has 0 aliphatic carbocycles. The van der Waals surface area contributed by atoms with Crippen LogP contribution in [0.15, 0.2) is 42.5 Å². The van der Waals surface area contributed by atoms with E-state index in [4.69, 9.17) is 4.74 Å². The summed E-state index contributed by atoms with van der Waals surface area (Å²) in [5.41, 5.74) is 2.49. The van der Waals surface area contributed by atoms with E-state index in [1.165, 1.54) is 6.07 Å². The largest absolute Gasteiger partial charge is 0.378 e. The Morgan fingerprint density at radius 1 is 1.00 bits per heavy atom. The molecule has 9 nitrogen and oxygen atoms in total. The van der Waals surface area contributed by atoms with Crippen LogP contribution < -0.4 is 15.1 Å². The maximum atomic E-state index is 12.7. The smallest absolute Gasteiger partial charge is 0.293 e. The lowest BCUT2D eigenvalue weighted by molar-refractivity contribution is -0.384. The summed E-state index contributed by atoms with van der Waals surface area (Å²) in [6, 6.07) is 12.4. The minimum atomic E-state index is -0.436. The van der Waals surface area contributed by atoms with Crippen molar-refractivity contribution in [2.24, 2.45) is 0 Å². The summed E-state index contributed by atoms with van der Waals surface area (Å²) in [4.78, 5) is 30.6. The van der Waals surface area contributed by atoms with Gasteiger partial charge >= 0.3 is 0 Å². The molecule has 1 amide bonds. The second kappa shape index (κ2) is 9.97. The number of benzene rings is 2. The Kier molecular flexibility index (Phi) is 6.87. The van der Waals surface area contributed by atoms with Crippen LogP contribution in [0.25, 0.3) is 0 Å². The van der Waals surface area contributed by atoms with Crippen molar-refractivity contribution >= 4 is 28.7 Å². The molecule has 2 fully saturated rings. The van der Waals surface area contributed by atoms with Gasteiger partial charge in [0, 0.05) is 62.3 Å². The minimum Gasteiger partial charge on any atom is -0.378 e. The Bertz CT molecular complexity index is 951. The number of rotatable bonds is 6. The number of morpholine rings is 1. The number of nitrogens with one attached hydrogen (secondary N) is 1. The average Bonchev–Trinajstić information content (AvgIpc) is 2.84. The lowest BCUT2D eigenvalue weighted by atomic mass is 10.1. The van der Waals surface area contributed by atoms with Crippen molar-refractivity contribution in [2.75, 3.05) is 74.1 Å². The fourth-order valence-corrected chi connectivity index (χ4v) is 4.16. The van der Waals surface area contributed by atoms with Crippen LogP contribution >= 0.6 is 0 Å². The molecule has 32 heavy (non-hydrogen) atoms. The summed E-state index contributed by atoms with van der Waals surface area (Å²) >= 11 is 0. The van der Waals surface area contributed by atoms with Crippen LogP contribution in [0.4, 0.5) is 22.7 Å². The van der Waals surface area contributed by atoms with E-state index in [9.17, 15) is 14.9 Å². The maximum Gasteiger partial charge on any atom is 0.293 e. The molecule has 2 heterocycles. The van der Waals surface area contributed by atoms with Crippen molar-refractivity contribution in [3.05, 3.63) is 58.1 Å². The summed E-state index contributed by atoms with van der Waals surface area (Å²) in [5.74, 6) is -0.370. The van der Waals surface area contributed by atoms with E-state index in [0.717, 1.165) is 38.4 Å². The van der Waals surface area contributed by atoms with Crippen molar-refractivity contribution < 1.29 is 14.5 Å². The molecule has 0 atom stereocenters. The summed E-state index contributed by atoms with van der Waals surface area (Å²) in [7, 11) is 0. The number of nitro groups is 1. The third kappa shape index (κ3) is 5.00. The molecule has 0 aromatic heterocycles. The van der Waals surface area contributed by atoms with Gasteiger partial charge < -0.3 is 24.8 Å². The summed E-state index contributed by atoms with van der Waals surface area (Å²) < 4.78 is 5.33. The van der Waals surface area contributed by atoms with E-state index in [-0.39, 0.29) is 17.2 Å². The monoisotopic (exact) mass is 439 g/mol. The molecule has 4 rings (SSSR count). The Hall–Kier alpha value is -3.17. The molecule has 0 unspecified atom stereocenters. The number of anilines is 3. The molecule has 1 N–H and O–H groups in total. The number of carbonyl (C=O) groups is 1. The highest BCUT2D eigenvalue weighted by Crippen LogP contribution is 2.30. The van der Waals surface area contributed by atoms with Crippen molar-refractivity contribution in [2.45, 2.75) is 6.92 Å². The number of carbonyl (C=O) groups excluding carboxylic acids is 1. The molecule has 0 radical (unpaired) electrons. The number of hydrogen-bond acceptors (Lipinski definition) is 7. The molecule has 0 saturated carbocycles. The van der Waals surface area contributed by atoms with Crippen LogP contribution in [0.3, 0.4) is 0 Å². The molecule has 2 aromatic rings. The first-order valence-corrected chi connectivity index (χ1v) is 11.0. The van der Waals surface area contributed by atoms with Gasteiger partial charge in [-0.05, 0) is 42.9 Å². The first-order chi connectivity index (χ1) is 15.5. The lowest BCUT2D eigenvalue weighted by Gasteiger charge is -2.35. The Morgan fingerprint density at radius 3 is 2.31 bits per heavy atom. The van der Waals surface area contributed by atoms with Crippen LogP contribution in [0.2, 0.25) is 0 Å². The highest BCUT2D eigenvalue weighted by Gasteiger charge is 2.23. The second-order valence-electron chi connectivity index (χ2n) is 7.98. The molecular formula is C23H29N5O4. The van der Waals surface area contributed by atoms with Crippen LogP contribution in [0.1, 0.15) is 17.3 Å². The summed E-state index contributed by atoms with van der Waals surface area (Å²) in [6.45, 7) is 9.56. The first kappa shape index (κ1) is 22.0.